The highest BCUT2D eigenvalue weighted by molar-refractivity contribution is 8.01. The first-order valence-electron chi connectivity index (χ1n) is 6.35. The molecule has 1 atom stereocenters. The number of rotatable bonds is 6. The van der Waals surface area contributed by atoms with E-state index in [1.165, 1.54) is 23.1 Å². The maximum absolute atomic E-state index is 11.9. The summed E-state index contributed by atoms with van der Waals surface area (Å²) in [5.41, 5.74) is 0. The summed E-state index contributed by atoms with van der Waals surface area (Å²) >= 11 is 2.51. The van der Waals surface area contributed by atoms with Gasteiger partial charge < -0.3 is 10.1 Å². The van der Waals surface area contributed by atoms with Gasteiger partial charge in [-0.3, -0.25) is 14.9 Å². The summed E-state index contributed by atoms with van der Waals surface area (Å²) in [7, 11) is 0. The Kier molecular flexibility index (Phi) is 5.74. The molecule has 1 unspecified atom stereocenters. The Morgan fingerprint density at radius 2 is 2.40 bits per heavy atom. The number of hydrogen-bond acceptors (Lipinski definition) is 8. The molecule has 20 heavy (non-hydrogen) atoms. The van der Waals surface area contributed by atoms with E-state index in [0.717, 1.165) is 19.4 Å². The average molecular weight is 316 g/mol. The van der Waals surface area contributed by atoms with Gasteiger partial charge in [0.05, 0.1) is 18.4 Å². The van der Waals surface area contributed by atoms with Crippen molar-refractivity contribution in [2.45, 2.75) is 30.1 Å². The third kappa shape index (κ3) is 4.43. The first-order valence-corrected chi connectivity index (χ1v) is 8.15. The molecule has 2 rings (SSSR count). The summed E-state index contributed by atoms with van der Waals surface area (Å²) in [5.74, 6) is -0.172. The van der Waals surface area contributed by atoms with Gasteiger partial charge in [0.2, 0.25) is 11.0 Å². The maximum atomic E-state index is 11.9. The molecule has 1 saturated heterocycles. The van der Waals surface area contributed by atoms with E-state index < -0.39 is 0 Å². The predicted molar refractivity (Wildman–Crippen MR) is 76.9 cm³/mol. The highest BCUT2D eigenvalue weighted by Gasteiger charge is 2.23. The number of carbonyl (C=O) groups excluding carboxylic acids is 2. The molecule has 0 saturated carbocycles. The van der Waals surface area contributed by atoms with Crippen molar-refractivity contribution in [1.82, 2.24) is 15.5 Å². The first kappa shape index (κ1) is 15.2. The molecule has 0 radical (unpaired) electrons. The van der Waals surface area contributed by atoms with E-state index in [4.69, 9.17) is 4.74 Å². The van der Waals surface area contributed by atoms with Crippen LogP contribution in [0.3, 0.4) is 0 Å². The molecular weight excluding hydrogens is 300 g/mol. The lowest BCUT2D eigenvalue weighted by Gasteiger charge is -2.07. The van der Waals surface area contributed by atoms with Crippen molar-refractivity contribution in [1.29, 1.82) is 0 Å². The van der Waals surface area contributed by atoms with E-state index in [2.05, 4.69) is 20.8 Å². The van der Waals surface area contributed by atoms with E-state index in [1.54, 1.807) is 6.92 Å². The molecule has 1 aliphatic heterocycles. The number of ether oxygens (including phenoxy) is 1. The van der Waals surface area contributed by atoms with Gasteiger partial charge in [0, 0.05) is 0 Å². The van der Waals surface area contributed by atoms with Crippen LogP contribution < -0.4 is 10.6 Å². The van der Waals surface area contributed by atoms with Crippen LogP contribution in [0.15, 0.2) is 4.34 Å². The lowest BCUT2D eigenvalue weighted by Crippen LogP contribution is -2.35. The number of aromatic nitrogens is 2. The number of nitrogens with one attached hydrogen (secondary N) is 2. The van der Waals surface area contributed by atoms with Crippen LogP contribution in [0, 0.1) is 0 Å². The summed E-state index contributed by atoms with van der Waals surface area (Å²) in [6.07, 6.45) is 1.85. The van der Waals surface area contributed by atoms with Gasteiger partial charge >= 0.3 is 5.97 Å². The minimum Gasteiger partial charge on any atom is -0.465 e. The highest BCUT2D eigenvalue weighted by atomic mass is 32.2. The van der Waals surface area contributed by atoms with Crippen LogP contribution in [0.5, 0.6) is 0 Å². The molecule has 0 aromatic carbocycles. The van der Waals surface area contributed by atoms with Gasteiger partial charge in [-0.25, -0.2) is 0 Å². The van der Waals surface area contributed by atoms with Gasteiger partial charge in [-0.1, -0.05) is 23.1 Å². The summed E-state index contributed by atoms with van der Waals surface area (Å²) < 4.78 is 5.45. The SMILES string of the molecule is CCOC(=O)CSc1nnc(NC(=O)C2CCCN2)s1. The van der Waals surface area contributed by atoms with Crippen LogP contribution in [-0.2, 0) is 14.3 Å². The molecule has 110 valence electrons. The van der Waals surface area contributed by atoms with Crippen LogP contribution >= 0.6 is 23.1 Å². The van der Waals surface area contributed by atoms with Crippen molar-refractivity contribution in [2.75, 3.05) is 24.2 Å². The Morgan fingerprint density at radius 1 is 1.55 bits per heavy atom. The van der Waals surface area contributed by atoms with E-state index >= 15 is 0 Å². The zero-order valence-corrected chi connectivity index (χ0v) is 12.7. The Balaban J connectivity index is 1.79. The molecule has 1 aromatic rings. The average Bonchev–Trinajstić information content (AvgIpc) is 3.08. The minimum atomic E-state index is -0.284. The van der Waals surface area contributed by atoms with Crippen molar-refractivity contribution in [2.24, 2.45) is 0 Å². The van der Waals surface area contributed by atoms with E-state index in [-0.39, 0.29) is 23.7 Å². The molecule has 2 heterocycles. The molecule has 1 aliphatic rings. The van der Waals surface area contributed by atoms with Crippen molar-refractivity contribution >= 4 is 40.1 Å². The Hall–Kier alpha value is -1.19. The Labute approximate surface area is 124 Å². The third-order valence-electron chi connectivity index (χ3n) is 2.63. The van der Waals surface area contributed by atoms with Crippen LogP contribution in [0.4, 0.5) is 5.13 Å². The predicted octanol–water partition coefficient (Wildman–Crippen LogP) is 0.884. The van der Waals surface area contributed by atoms with E-state index in [9.17, 15) is 9.59 Å². The Morgan fingerprint density at radius 3 is 3.10 bits per heavy atom. The third-order valence-corrected chi connectivity index (χ3v) is 4.58. The highest BCUT2D eigenvalue weighted by Crippen LogP contribution is 2.25. The summed E-state index contributed by atoms with van der Waals surface area (Å²) in [4.78, 5) is 23.1. The summed E-state index contributed by atoms with van der Waals surface area (Å²) in [5, 5.41) is 14.1. The lowest BCUT2D eigenvalue weighted by atomic mass is 10.2. The number of esters is 1. The standard InChI is InChI=1S/C11H16N4O3S2/c1-2-18-8(16)6-19-11-15-14-10(20-11)13-9(17)7-4-3-5-12-7/h7,12H,2-6H2,1H3,(H,13,14,17). The van der Waals surface area contributed by atoms with Gasteiger partial charge in [-0.2, -0.15) is 0 Å². The van der Waals surface area contributed by atoms with Gasteiger partial charge in [0.25, 0.3) is 0 Å². The molecule has 2 N–H and O–H groups in total. The van der Waals surface area contributed by atoms with Crippen LogP contribution in [0.25, 0.3) is 0 Å². The fraction of sp³-hybridized carbons (Fsp3) is 0.636. The first-order chi connectivity index (χ1) is 9.69. The molecule has 7 nitrogen and oxygen atoms in total. The number of nitrogens with zero attached hydrogens (tertiary/aromatic N) is 2. The van der Waals surface area contributed by atoms with Crippen molar-refractivity contribution in [3.8, 4) is 0 Å². The number of amides is 1. The number of thioether (sulfide) groups is 1. The van der Waals surface area contributed by atoms with Crippen molar-refractivity contribution < 1.29 is 14.3 Å². The fourth-order valence-corrected chi connectivity index (χ4v) is 3.30. The largest absolute Gasteiger partial charge is 0.465 e. The molecule has 9 heteroatoms. The fourth-order valence-electron chi connectivity index (χ4n) is 1.74. The maximum Gasteiger partial charge on any atom is 0.316 e. The normalized spacial score (nSPS) is 17.9. The molecule has 0 bridgehead atoms. The second kappa shape index (κ2) is 7.55. The van der Waals surface area contributed by atoms with Crippen LogP contribution in [-0.4, -0.2) is 47.0 Å². The van der Waals surface area contributed by atoms with Gasteiger partial charge in [0.15, 0.2) is 4.34 Å². The molecule has 1 aromatic heterocycles. The minimum absolute atomic E-state index is 0.0828. The quantitative estimate of drug-likeness (QED) is 0.457. The monoisotopic (exact) mass is 316 g/mol. The Bertz CT molecular complexity index is 474. The van der Waals surface area contributed by atoms with Crippen molar-refractivity contribution in [3.05, 3.63) is 0 Å². The summed E-state index contributed by atoms with van der Waals surface area (Å²) in [6.45, 7) is 3.00. The number of hydrogen-bond donors (Lipinski definition) is 2. The smallest absolute Gasteiger partial charge is 0.316 e. The topological polar surface area (TPSA) is 93.2 Å². The van der Waals surface area contributed by atoms with E-state index in [0.29, 0.717) is 16.1 Å². The molecule has 0 spiro atoms. The molecular formula is C11H16N4O3S2. The van der Waals surface area contributed by atoms with Gasteiger partial charge in [0.1, 0.15) is 0 Å². The van der Waals surface area contributed by atoms with Gasteiger partial charge in [-0.15, -0.1) is 10.2 Å². The van der Waals surface area contributed by atoms with Crippen LogP contribution in [0.2, 0.25) is 0 Å². The number of carbonyl (C=O) groups is 2. The number of anilines is 1. The van der Waals surface area contributed by atoms with E-state index in [1.807, 2.05) is 0 Å². The second-order valence-electron chi connectivity index (χ2n) is 4.11. The summed E-state index contributed by atoms with van der Waals surface area (Å²) in [6, 6.07) is -0.144. The lowest BCUT2D eigenvalue weighted by molar-refractivity contribution is -0.139. The zero-order valence-electron chi connectivity index (χ0n) is 11.0. The second-order valence-corrected chi connectivity index (χ2v) is 6.30. The van der Waals surface area contributed by atoms with Crippen molar-refractivity contribution in [3.63, 3.8) is 0 Å². The zero-order chi connectivity index (χ0) is 14.4. The van der Waals surface area contributed by atoms with Crippen LogP contribution in [0.1, 0.15) is 19.8 Å². The van der Waals surface area contributed by atoms with Gasteiger partial charge in [-0.05, 0) is 26.3 Å². The molecule has 0 aliphatic carbocycles. The molecule has 1 amide bonds. The molecule has 1 fully saturated rings.